The van der Waals surface area contributed by atoms with Crippen LogP contribution in [0.4, 0.5) is 0 Å². The molecule has 2 aromatic rings. The molecule has 2 heterocycles. The molecule has 0 saturated carbocycles. The maximum atomic E-state index is 12.4. The average molecular weight is 343 g/mol. The SMILES string of the molecule is Cc1nc(C2CN(C(C)C(=O)NCCc3ccccc3)CCO2)n[nH]1. The van der Waals surface area contributed by atoms with Crippen molar-refractivity contribution in [3.8, 4) is 0 Å². The maximum absolute atomic E-state index is 12.4. The van der Waals surface area contributed by atoms with E-state index >= 15 is 0 Å². The van der Waals surface area contributed by atoms with Crippen molar-refractivity contribution < 1.29 is 9.53 Å². The number of ether oxygens (including phenoxy) is 1. The summed E-state index contributed by atoms with van der Waals surface area (Å²) in [6.45, 7) is 6.35. The van der Waals surface area contributed by atoms with Crippen LogP contribution in [-0.2, 0) is 16.0 Å². The number of nitrogens with zero attached hydrogens (tertiary/aromatic N) is 3. The number of benzene rings is 1. The number of carbonyl (C=O) groups is 1. The largest absolute Gasteiger partial charge is 0.367 e. The lowest BCUT2D eigenvalue weighted by molar-refractivity contribution is -0.129. The highest BCUT2D eigenvalue weighted by Gasteiger charge is 2.30. The molecule has 2 unspecified atom stereocenters. The van der Waals surface area contributed by atoms with E-state index in [4.69, 9.17) is 4.74 Å². The van der Waals surface area contributed by atoms with Crippen molar-refractivity contribution in [2.45, 2.75) is 32.4 Å². The Morgan fingerprint density at radius 2 is 2.24 bits per heavy atom. The molecule has 0 radical (unpaired) electrons. The van der Waals surface area contributed by atoms with E-state index in [1.54, 1.807) is 0 Å². The number of carbonyl (C=O) groups excluding carboxylic acids is 1. The quantitative estimate of drug-likeness (QED) is 0.824. The van der Waals surface area contributed by atoms with E-state index in [1.807, 2.05) is 32.0 Å². The molecule has 1 saturated heterocycles. The third-order valence-electron chi connectivity index (χ3n) is 4.48. The van der Waals surface area contributed by atoms with Gasteiger partial charge in [0, 0.05) is 19.6 Å². The predicted octanol–water partition coefficient (Wildman–Crippen LogP) is 1.23. The summed E-state index contributed by atoms with van der Waals surface area (Å²) in [6, 6.07) is 9.95. The number of hydrogen-bond donors (Lipinski definition) is 2. The summed E-state index contributed by atoms with van der Waals surface area (Å²) in [6.07, 6.45) is 0.639. The van der Waals surface area contributed by atoms with Crippen LogP contribution in [0.15, 0.2) is 30.3 Å². The molecule has 1 aliphatic heterocycles. The van der Waals surface area contributed by atoms with E-state index in [9.17, 15) is 4.79 Å². The Morgan fingerprint density at radius 1 is 1.44 bits per heavy atom. The Bertz CT molecular complexity index is 688. The number of aromatic amines is 1. The number of aryl methyl sites for hydroxylation is 1. The first-order chi connectivity index (χ1) is 12.1. The zero-order valence-electron chi connectivity index (χ0n) is 14.7. The maximum Gasteiger partial charge on any atom is 0.237 e. The summed E-state index contributed by atoms with van der Waals surface area (Å²) in [5.41, 5.74) is 1.22. The zero-order valence-corrected chi connectivity index (χ0v) is 14.7. The molecule has 0 spiro atoms. The van der Waals surface area contributed by atoms with Crippen molar-refractivity contribution >= 4 is 5.91 Å². The molecule has 1 aromatic heterocycles. The van der Waals surface area contributed by atoms with Crippen LogP contribution in [0.5, 0.6) is 0 Å². The van der Waals surface area contributed by atoms with Crippen LogP contribution < -0.4 is 5.32 Å². The lowest BCUT2D eigenvalue weighted by atomic mass is 10.1. The van der Waals surface area contributed by atoms with Crippen molar-refractivity contribution in [3.05, 3.63) is 47.5 Å². The van der Waals surface area contributed by atoms with Gasteiger partial charge in [0.1, 0.15) is 11.9 Å². The van der Waals surface area contributed by atoms with E-state index in [2.05, 4.69) is 37.5 Å². The second kappa shape index (κ2) is 8.22. The monoisotopic (exact) mass is 343 g/mol. The minimum atomic E-state index is -0.206. The van der Waals surface area contributed by atoms with Gasteiger partial charge in [-0.2, -0.15) is 5.10 Å². The second-order valence-electron chi connectivity index (χ2n) is 6.34. The average Bonchev–Trinajstić information content (AvgIpc) is 3.08. The van der Waals surface area contributed by atoms with Crippen molar-refractivity contribution in [2.24, 2.45) is 0 Å². The molecule has 7 nitrogen and oxygen atoms in total. The summed E-state index contributed by atoms with van der Waals surface area (Å²) in [5, 5.41) is 10.0. The van der Waals surface area contributed by atoms with Crippen LogP contribution >= 0.6 is 0 Å². The molecule has 2 N–H and O–H groups in total. The summed E-state index contributed by atoms with van der Waals surface area (Å²) in [7, 11) is 0. The summed E-state index contributed by atoms with van der Waals surface area (Å²) >= 11 is 0. The molecule has 25 heavy (non-hydrogen) atoms. The van der Waals surface area contributed by atoms with Gasteiger partial charge in [-0.1, -0.05) is 30.3 Å². The van der Waals surface area contributed by atoms with Crippen molar-refractivity contribution in [3.63, 3.8) is 0 Å². The van der Waals surface area contributed by atoms with Crippen LogP contribution in [0.3, 0.4) is 0 Å². The third-order valence-corrected chi connectivity index (χ3v) is 4.48. The first kappa shape index (κ1) is 17.6. The van der Waals surface area contributed by atoms with E-state index < -0.39 is 0 Å². The Morgan fingerprint density at radius 3 is 2.96 bits per heavy atom. The van der Waals surface area contributed by atoms with Gasteiger partial charge in [0.15, 0.2) is 5.82 Å². The van der Waals surface area contributed by atoms with Gasteiger partial charge in [0.25, 0.3) is 0 Å². The second-order valence-corrected chi connectivity index (χ2v) is 6.34. The molecule has 7 heteroatoms. The van der Waals surface area contributed by atoms with Gasteiger partial charge >= 0.3 is 0 Å². The highest BCUT2D eigenvalue weighted by molar-refractivity contribution is 5.81. The Labute approximate surface area is 147 Å². The molecule has 1 amide bonds. The molecule has 3 rings (SSSR count). The lowest BCUT2D eigenvalue weighted by Crippen LogP contribution is -2.50. The fourth-order valence-electron chi connectivity index (χ4n) is 2.97. The molecule has 1 aromatic carbocycles. The fraction of sp³-hybridized carbons (Fsp3) is 0.500. The van der Waals surface area contributed by atoms with E-state index in [0.29, 0.717) is 25.5 Å². The Hall–Kier alpha value is -2.25. The normalized spacial score (nSPS) is 19.5. The molecular formula is C18H25N5O2. The number of hydrogen-bond acceptors (Lipinski definition) is 5. The lowest BCUT2D eigenvalue weighted by Gasteiger charge is -2.35. The van der Waals surface area contributed by atoms with E-state index in [1.165, 1.54) is 5.56 Å². The Kier molecular flexibility index (Phi) is 5.78. The molecule has 134 valence electrons. The molecule has 0 bridgehead atoms. The number of aromatic nitrogens is 3. The van der Waals surface area contributed by atoms with E-state index in [-0.39, 0.29) is 18.1 Å². The van der Waals surface area contributed by atoms with Gasteiger partial charge in [0.05, 0.1) is 12.6 Å². The van der Waals surface area contributed by atoms with Crippen LogP contribution in [0.25, 0.3) is 0 Å². The number of H-pyrrole nitrogens is 1. The number of rotatable bonds is 6. The number of amides is 1. The predicted molar refractivity (Wildman–Crippen MR) is 94.0 cm³/mol. The smallest absolute Gasteiger partial charge is 0.237 e. The fourth-order valence-corrected chi connectivity index (χ4v) is 2.97. The molecular weight excluding hydrogens is 318 g/mol. The number of morpholine rings is 1. The highest BCUT2D eigenvalue weighted by Crippen LogP contribution is 2.20. The first-order valence-corrected chi connectivity index (χ1v) is 8.69. The van der Waals surface area contributed by atoms with Crippen molar-refractivity contribution in [1.29, 1.82) is 0 Å². The minimum absolute atomic E-state index is 0.0442. The zero-order chi connectivity index (χ0) is 17.6. The molecule has 2 atom stereocenters. The van der Waals surface area contributed by atoms with Crippen LogP contribution in [0, 0.1) is 6.92 Å². The summed E-state index contributed by atoms with van der Waals surface area (Å²) in [4.78, 5) is 18.9. The minimum Gasteiger partial charge on any atom is -0.367 e. The van der Waals surface area contributed by atoms with Gasteiger partial charge in [-0.3, -0.25) is 14.8 Å². The van der Waals surface area contributed by atoms with Crippen LogP contribution in [-0.4, -0.2) is 58.3 Å². The van der Waals surface area contributed by atoms with Crippen molar-refractivity contribution in [2.75, 3.05) is 26.2 Å². The summed E-state index contributed by atoms with van der Waals surface area (Å²) in [5.74, 6) is 1.46. The van der Waals surface area contributed by atoms with Crippen LogP contribution in [0.2, 0.25) is 0 Å². The van der Waals surface area contributed by atoms with Gasteiger partial charge in [-0.05, 0) is 25.8 Å². The molecule has 1 aliphatic rings. The number of nitrogens with one attached hydrogen (secondary N) is 2. The molecule has 1 fully saturated rings. The van der Waals surface area contributed by atoms with Crippen molar-refractivity contribution in [1.82, 2.24) is 25.4 Å². The van der Waals surface area contributed by atoms with E-state index in [0.717, 1.165) is 18.8 Å². The first-order valence-electron chi connectivity index (χ1n) is 8.69. The third kappa shape index (κ3) is 4.64. The summed E-state index contributed by atoms with van der Waals surface area (Å²) < 4.78 is 5.76. The van der Waals surface area contributed by atoms with Crippen LogP contribution in [0.1, 0.15) is 30.2 Å². The molecule has 0 aliphatic carbocycles. The standard InChI is InChI=1S/C18H25N5O2/c1-13(18(24)19-9-8-15-6-4-3-5-7-15)23-10-11-25-16(12-23)17-20-14(2)21-22-17/h3-7,13,16H,8-12H2,1-2H3,(H,19,24)(H,20,21,22). The highest BCUT2D eigenvalue weighted by atomic mass is 16.5. The van der Waals surface area contributed by atoms with Gasteiger partial charge in [-0.25, -0.2) is 4.98 Å². The van der Waals surface area contributed by atoms with Gasteiger partial charge in [-0.15, -0.1) is 0 Å². The van der Waals surface area contributed by atoms with Gasteiger partial charge < -0.3 is 10.1 Å². The van der Waals surface area contributed by atoms with Gasteiger partial charge in [0.2, 0.25) is 5.91 Å². The Balaban J connectivity index is 1.49. The topological polar surface area (TPSA) is 83.1 Å².